The molecule has 0 aliphatic carbocycles. The molecule has 20 heavy (non-hydrogen) atoms. The van der Waals surface area contributed by atoms with Gasteiger partial charge in [0.25, 0.3) is 0 Å². The summed E-state index contributed by atoms with van der Waals surface area (Å²) in [6, 6.07) is 12.2. The van der Waals surface area contributed by atoms with E-state index in [-0.39, 0.29) is 0 Å². The van der Waals surface area contributed by atoms with Gasteiger partial charge in [-0.2, -0.15) is 5.10 Å². The molecule has 0 amide bonds. The van der Waals surface area contributed by atoms with Crippen LogP contribution in [0.1, 0.15) is 23.8 Å². The Balaban J connectivity index is 1.76. The maximum Gasteiger partial charge on any atom is 0.150 e. The molecule has 0 bridgehead atoms. The highest BCUT2D eigenvalue weighted by molar-refractivity contribution is 5.78. The standard InChI is InChI=1S/C15H17N5/c16-9-3-6-14-18-15(20-19-14)10-12-8-7-11-4-1-2-5-13(11)17-12/h1-2,4-5,7-8H,3,6,9-10,16H2,(H,18,19,20). The Morgan fingerprint density at radius 3 is 2.85 bits per heavy atom. The molecule has 3 N–H and O–H groups in total. The van der Waals surface area contributed by atoms with E-state index < -0.39 is 0 Å². The summed E-state index contributed by atoms with van der Waals surface area (Å²) in [5, 5.41) is 8.31. The molecular formula is C15H17N5. The summed E-state index contributed by atoms with van der Waals surface area (Å²) in [5.41, 5.74) is 7.48. The lowest BCUT2D eigenvalue weighted by Crippen LogP contribution is -2.01. The summed E-state index contributed by atoms with van der Waals surface area (Å²) in [6.45, 7) is 0.663. The molecule has 2 heterocycles. The Hall–Kier alpha value is -2.27. The van der Waals surface area contributed by atoms with Crippen LogP contribution in [0.25, 0.3) is 10.9 Å². The number of aryl methyl sites for hydroxylation is 1. The number of aromatic nitrogens is 4. The summed E-state index contributed by atoms with van der Waals surface area (Å²) in [7, 11) is 0. The maximum absolute atomic E-state index is 5.48. The molecular weight excluding hydrogens is 250 g/mol. The second-order valence-electron chi connectivity index (χ2n) is 4.76. The highest BCUT2D eigenvalue weighted by atomic mass is 15.2. The molecule has 0 aliphatic rings. The van der Waals surface area contributed by atoms with E-state index in [2.05, 4.69) is 32.3 Å². The van der Waals surface area contributed by atoms with Crippen LogP contribution >= 0.6 is 0 Å². The van der Waals surface area contributed by atoms with Crippen molar-refractivity contribution in [3.63, 3.8) is 0 Å². The van der Waals surface area contributed by atoms with Gasteiger partial charge in [0.1, 0.15) is 5.82 Å². The van der Waals surface area contributed by atoms with Crippen molar-refractivity contribution < 1.29 is 0 Å². The molecule has 0 unspecified atom stereocenters. The van der Waals surface area contributed by atoms with Crippen LogP contribution in [-0.2, 0) is 12.8 Å². The van der Waals surface area contributed by atoms with Crippen molar-refractivity contribution in [1.29, 1.82) is 0 Å². The molecule has 0 aliphatic heterocycles. The molecule has 0 saturated heterocycles. The number of nitrogens with two attached hydrogens (primary N) is 1. The molecule has 0 atom stereocenters. The highest BCUT2D eigenvalue weighted by Gasteiger charge is 2.05. The number of pyridine rings is 1. The molecule has 102 valence electrons. The minimum Gasteiger partial charge on any atom is -0.330 e. The van der Waals surface area contributed by atoms with Crippen LogP contribution in [0.15, 0.2) is 36.4 Å². The van der Waals surface area contributed by atoms with Crippen molar-refractivity contribution in [2.75, 3.05) is 6.54 Å². The fourth-order valence-corrected chi connectivity index (χ4v) is 2.16. The van der Waals surface area contributed by atoms with Crippen molar-refractivity contribution >= 4 is 10.9 Å². The Bertz CT molecular complexity index is 704. The lowest BCUT2D eigenvalue weighted by Gasteiger charge is -2.00. The monoisotopic (exact) mass is 267 g/mol. The zero-order valence-corrected chi connectivity index (χ0v) is 11.2. The molecule has 3 aromatic rings. The number of aromatic amines is 1. The number of benzene rings is 1. The number of nitrogens with one attached hydrogen (secondary N) is 1. The normalized spacial score (nSPS) is 11.1. The third kappa shape index (κ3) is 2.83. The predicted molar refractivity (Wildman–Crippen MR) is 78.3 cm³/mol. The minimum atomic E-state index is 0.663. The Morgan fingerprint density at radius 2 is 1.95 bits per heavy atom. The van der Waals surface area contributed by atoms with E-state index in [0.717, 1.165) is 41.1 Å². The van der Waals surface area contributed by atoms with E-state index >= 15 is 0 Å². The summed E-state index contributed by atoms with van der Waals surface area (Å²) in [4.78, 5) is 9.10. The number of nitrogens with zero attached hydrogens (tertiary/aromatic N) is 3. The van der Waals surface area contributed by atoms with Gasteiger partial charge in [0, 0.05) is 23.9 Å². The van der Waals surface area contributed by atoms with E-state index in [1.54, 1.807) is 0 Å². The number of H-pyrrole nitrogens is 1. The summed E-state index contributed by atoms with van der Waals surface area (Å²) in [5.74, 6) is 1.67. The highest BCUT2D eigenvalue weighted by Crippen LogP contribution is 2.13. The molecule has 3 rings (SSSR count). The van der Waals surface area contributed by atoms with Crippen LogP contribution in [0.5, 0.6) is 0 Å². The number of hydrogen-bond acceptors (Lipinski definition) is 4. The van der Waals surface area contributed by atoms with Crippen molar-refractivity contribution in [2.24, 2.45) is 5.73 Å². The van der Waals surface area contributed by atoms with Crippen LogP contribution in [0.4, 0.5) is 0 Å². The number of rotatable bonds is 5. The number of para-hydroxylation sites is 1. The summed E-state index contributed by atoms with van der Waals surface area (Å²) in [6.07, 6.45) is 2.39. The zero-order chi connectivity index (χ0) is 13.8. The van der Waals surface area contributed by atoms with Crippen LogP contribution in [0.2, 0.25) is 0 Å². The van der Waals surface area contributed by atoms with Gasteiger partial charge in [-0.1, -0.05) is 24.3 Å². The quantitative estimate of drug-likeness (QED) is 0.739. The van der Waals surface area contributed by atoms with Crippen LogP contribution in [0.3, 0.4) is 0 Å². The largest absolute Gasteiger partial charge is 0.330 e. The van der Waals surface area contributed by atoms with Crippen molar-refractivity contribution in [3.8, 4) is 0 Å². The minimum absolute atomic E-state index is 0.663. The van der Waals surface area contributed by atoms with Gasteiger partial charge < -0.3 is 5.73 Å². The molecule has 0 spiro atoms. The van der Waals surface area contributed by atoms with E-state index in [1.807, 2.05) is 24.3 Å². The SMILES string of the molecule is NCCCc1n[nH]c(Cc2ccc3ccccc3n2)n1. The molecule has 0 saturated carbocycles. The van der Waals surface area contributed by atoms with Gasteiger partial charge >= 0.3 is 0 Å². The Kier molecular flexibility index (Phi) is 3.69. The molecule has 5 nitrogen and oxygen atoms in total. The third-order valence-corrected chi connectivity index (χ3v) is 3.19. The molecule has 0 fully saturated rings. The van der Waals surface area contributed by atoms with Gasteiger partial charge in [-0.05, 0) is 25.1 Å². The lowest BCUT2D eigenvalue weighted by atomic mass is 10.2. The maximum atomic E-state index is 5.48. The molecule has 1 aromatic carbocycles. The average Bonchev–Trinajstić information content (AvgIpc) is 2.92. The second kappa shape index (κ2) is 5.79. The zero-order valence-electron chi connectivity index (χ0n) is 11.2. The van der Waals surface area contributed by atoms with E-state index in [9.17, 15) is 0 Å². The van der Waals surface area contributed by atoms with Crippen molar-refractivity contribution in [1.82, 2.24) is 20.2 Å². The second-order valence-corrected chi connectivity index (χ2v) is 4.76. The Morgan fingerprint density at radius 1 is 1.05 bits per heavy atom. The third-order valence-electron chi connectivity index (χ3n) is 3.19. The van der Waals surface area contributed by atoms with Gasteiger partial charge in [-0.25, -0.2) is 4.98 Å². The van der Waals surface area contributed by atoms with E-state index in [0.29, 0.717) is 13.0 Å². The van der Waals surface area contributed by atoms with Crippen LogP contribution in [-0.4, -0.2) is 26.7 Å². The molecule has 0 radical (unpaired) electrons. The predicted octanol–water partition coefficient (Wildman–Crippen LogP) is 1.83. The molecule has 2 aromatic heterocycles. The smallest absolute Gasteiger partial charge is 0.150 e. The number of hydrogen-bond donors (Lipinski definition) is 2. The molecule has 5 heteroatoms. The Labute approximate surface area is 117 Å². The van der Waals surface area contributed by atoms with Crippen molar-refractivity contribution in [3.05, 3.63) is 53.7 Å². The first-order valence-corrected chi connectivity index (χ1v) is 6.80. The van der Waals surface area contributed by atoms with Gasteiger partial charge in [-0.15, -0.1) is 0 Å². The van der Waals surface area contributed by atoms with Crippen molar-refractivity contribution in [2.45, 2.75) is 19.3 Å². The summed E-state index contributed by atoms with van der Waals surface area (Å²) >= 11 is 0. The van der Waals surface area contributed by atoms with Gasteiger partial charge in [0.05, 0.1) is 5.52 Å². The van der Waals surface area contributed by atoms with E-state index in [1.165, 1.54) is 0 Å². The van der Waals surface area contributed by atoms with Crippen LogP contribution in [0, 0.1) is 0 Å². The number of fused-ring (bicyclic) bond motifs is 1. The van der Waals surface area contributed by atoms with E-state index in [4.69, 9.17) is 5.73 Å². The topological polar surface area (TPSA) is 80.5 Å². The fraction of sp³-hybridized carbons (Fsp3) is 0.267. The van der Waals surface area contributed by atoms with Gasteiger partial charge in [0.15, 0.2) is 5.82 Å². The lowest BCUT2D eigenvalue weighted by molar-refractivity contribution is 0.785. The average molecular weight is 267 g/mol. The van der Waals surface area contributed by atoms with Gasteiger partial charge in [0.2, 0.25) is 0 Å². The summed E-state index contributed by atoms with van der Waals surface area (Å²) < 4.78 is 0. The van der Waals surface area contributed by atoms with Gasteiger partial charge in [-0.3, -0.25) is 10.1 Å². The first-order valence-electron chi connectivity index (χ1n) is 6.80. The first kappa shape index (κ1) is 12.7. The van der Waals surface area contributed by atoms with Crippen LogP contribution < -0.4 is 5.73 Å². The fourth-order valence-electron chi connectivity index (χ4n) is 2.16. The first-order chi connectivity index (χ1) is 9.85.